The van der Waals surface area contributed by atoms with E-state index in [0.717, 1.165) is 19.5 Å². The highest BCUT2D eigenvalue weighted by Crippen LogP contribution is 2.37. The van der Waals surface area contributed by atoms with Gasteiger partial charge in [0.1, 0.15) is 0 Å². The summed E-state index contributed by atoms with van der Waals surface area (Å²) in [5.74, 6) is 0. The zero-order valence-corrected chi connectivity index (χ0v) is 15.9. The average Bonchev–Trinajstić information content (AvgIpc) is 2.37. The third-order valence-electron chi connectivity index (χ3n) is 4.16. The first-order valence-electron chi connectivity index (χ1n) is 7.28. The van der Waals surface area contributed by atoms with E-state index in [9.17, 15) is 0 Å². The fourth-order valence-electron chi connectivity index (χ4n) is 2.78. The Hall–Kier alpha value is -0.0600. The molecule has 0 radical (unpaired) electrons. The first-order chi connectivity index (χ1) is 9.34. The van der Waals surface area contributed by atoms with Crippen molar-refractivity contribution < 1.29 is 0 Å². The molecule has 2 nitrogen and oxygen atoms in total. The van der Waals surface area contributed by atoms with Gasteiger partial charge < -0.3 is 10.2 Å². The van der Waals surface area contributed by atoms with Crippen molar-refractivity contribution in [1.29, 1.82) is 0 Å². The van der Waals surface area contributed by atoms with E-state index in [1.54, 1.807) is 0 Å². The summed E-state index contributed by atoms with van der Waals surface area (Å²) in [5.41, 5.74) is 1.56. The fourth-order valence-corrected chi connectivity index (χ4v) is 4.23. The molecule has 2 unspecified atom stereocenters. The van der Waals surface area contributed by atoms with E-state index in [0.29, 0.717) is 12.1 Å². The van der Waals surface area contributed by atoms with E-state index in [2.05, 4.69) is 88.0 Å². The van der Waals surface area contributed by atoms with Gasteiger partial charge in [0, 0.05) is 34.1 Å². The zero-order chi connectivity index (χ0) is 14.9. The van der Waals surface area contributed by atoms with Crippen molar-refractivity contribution in [2.24, 2.45) is 5.41 Å². The van der Waals surface area contributed by atoms with Crippen LogP contribution in [0.5, 0.6) is 0 Å². The summed E-state index contributed by atoms with van der Waals surface area (Å²) in [6.07, 6.45) is 1.15. The van der Waals surface area contributed by atoms with Gasteiger partial charge in [0.2, 0.25) is 0 Å². The largest absolute Gasteiger partial charge is 0.364 e. The summed E-state index contributed by atoms with van der Waals surface area (Å²) in [6, 6.07) is 7.37. The van der Waals surface area contributed by atoms with Crippen LogP contribution in [0.4, 0.5) is 5.69 Å². The quantitative estimate of drug-likeness (QED) is 0.761. The minimum atomic E-state index is 0.269. The maximum absolute atomic E-state index is 3.73. The molecule has 0 aromatic heterocycles. The smallest absolute Gasteiger partial charge is 0.0658 e. The second-order valence-corrected chi connectivity index (χ2v) is 8.32. The van der Waals surface area contributed by atoms with Gasteiger partial charge in [0.15, 0.2) is 0 Å². The molecule has 1 saturated heterocycles. The summed E-state index contributed by atoms with van der Waals surface area (Å²) >= 11 is 7.44. The van der Waals surface area contributed by atoms with Crippen molar-refractivity contribution in [2.75, 3.05) is 18.0 Å². The molecule has 1 aliphatic rings. The van der Waals surface area contributed by atoms with Gasteiger partial charge in [-0.25, -0.2) is 0 Å². The van der Waals surface area contributed by atoms with Gasteiger partial charge >= 0.3 is 0 Å². The molecule has 112 valence electrons. The van der Waals surface area contributed by atoms with Gasteiger partial charge in [-0.05, 0) is 55.8 Å². The first-order valence-corrected chi connectivity index (χ1v) is 8.87. The highest BCUT2D eigenvalue weighted by molar-refractivity contribution is 9.11. The Morgan fingerprint density at radius 2 is 1.85 bits per heavy atom. The number of nitrogens with zero attached hydrogens (tertiary/aromatic N) is 1. The molecular formula is C16H24Br2N2. The van der Waals surface area contributed by atoms with E-state index < -0.39 is 0 Å². The fraction of sp³-hybridized carbons (Fsp3) is 0.625. The Labute approximate surface area is 139 Å². The molecule has 1 aromatic carbocycles. The zero-order valence-electron chi connectivity index (χ0n) is 12.7. The maximum atomic E-state index is 3.73. The van der Waals surface area contributed by atoms with Crippen molar-refractivity contribution in [3.63, 3.8) is 0 Å². The Bertz CT molecular complexity index is 448. The van der Waals surface area contributed by atoms with E-state index >= 15 is 0 Å². The molecule has 2 atom stereocenters. The second kappa shape index (κ2) is 6.37. The van der Waals surface area contributed by atoms with Crippen LogP contribution < -0.4 is 10.2 Å². The molecule has 4 heteroatoms. The lowest BCUT2D eigenvalue weighted by Crippen LogP contribution is -2.60. The van der Waals surface area contributed by atoms with Gasteiger partial charge in [-0.1, -0.05) is 33.8 Å². The molecule has 0 bridgehead atoms. The van der Waals surface area contributed by atoms with Crippen molar-refractivity contribution in [3.05, 3.63) is 27.1 Å². The van der Waals surface area contributed by atoms with E-state index in [4.69, 9.17) is 0 Å². The van der Waals surface area contributed by atoms with Crippen molar-refractivity contribution in [1.82, 2.24) is 5.32 Å². The van der Waals surface area contributed by atoms with Gasteiger partial charge in [0.25, 0.3) is 0 Å². The van der Waals surface area contributed by atoms with Gasteiger partial charge in [-0.3, -0.25) is 0 Å². The molecule has 0 aliphatic carbocycles. The molecule has 1 heterocycles. The molecule has 1 fully saturated rings. The van der Waals surface area contributed by atoms with Crippen LogP contribution in [-0.4, -0.2) is 25.2 Å². The van der Waals surface area contributed by atoms with Crippen LogP contribution in [-0.2, 0) is 0 Å². The standard InChI is InChI=1S/C16H24Br2N2/c1-5-11-9-19-14(16(2,3)4)10-20(11)15-12(17)7-6-8-13(15)18/h6-8,11,14,19H,5,9-10H2,1-4H3. The number of hydrogen-bond acceptors (Lipinski definition) is 2. The predicted octanol–water partition coefficient (Wildman–Crippen LogP) is 4.81. The summed E-state index contributed by atoms with van der Waals surface area (Å²) < 4.78 is 2.33. The normalized spacial score (nSPS) is 24.0. The van der Waals surface area contributed by atoms with E-state index in [1.165, 1.54) is 14.6 Å². The number of rotatable bonds is 2. The monoisotopic (exact) mass is 402 g/mol. The van der Waals surface area contributed by atoms with E-state index in [-0.39, 0.29) is 5.41 Å². The summed E-state index contributed by atoms with van der Waals surface area (Å²) in [5, 5.41) is 3.73. The Kier molecular flexibility index (Phi) is 5.19. The summed E-state index contributed by atoms with van der Waals surface area (Å²) in [7, 11) is 0. The Balaban J connectivity index is 2.35. The molecule has 20 heavy (non-hydrogen) atoms. The molecule has 1 aliphatic heterocycles. The van der Waals surface area contributed by atoms with Crippen molar-refractivity contribution in [3.8, 4) is 0 Å². The minimum Gasteiger partial charge on any atom is -0.364 e. The minimum absolute atomic E-state index is 0.269. The van der Waals surface area contributed by atoms with Gasteiger partial charge in [-0.15, -0.1) is 0 Å². The molecule has 0 spiro atoms. The topological polar surface area (TPSA) is 15.3 Å². The number of anilines is 1. The lowest BCUT2D eigenvalue weighted by Gasteiger charge is -2.46. The second-order valence-electron chi connectivity index (χ2n) is 6.61. The molecule has 0 amide bonds. The highest BCUT2D eigenvalue weighted by atomic mass is 79.9. The third kappa shape index (κ3) is 3.40. The Morgan fingerprint density at radius 1 is 1.25 bits per heavy atom. The Morgan fingerprint density at radius 3 is 2.35 bits per heavy atom. The van der Waals surface area contributed by atoms with Gasteiger partial charge in [-0.2, -0.15) is 0 Å². The number of benzene rings is 1. The number of hydrogen-bond donors (Lipinski definition) is 1. The van der Waals surface area contributed by atoms with Crippen LogP contribution >= 0.6 is 31.9 Å². The third-order valence-corrected chi connectivity index (χ3v) is 5.44. The summed E-state index contributed by atoms with van der Waals surface area (Å²) in [4.78, 5) is 2.56. The molecular weight excluding hydrogens is 380 g/mol. The maximum Gasteiger partial charge on any atom is 0.0658 e. The van der Waals surface area contributed by atoms with Crippen LogP contribution in [0.1, 0.15) is 34.1 Å². The summed E-state index contributed by atoms with van der Waals surface area (Å²) in [6.45, 7) is 11.3. The van der Waals surface area contributed by atoms with Crippen LogP contribution in [0.2, 0.25) is 0 Å². The lowest BCUT2D eigenvalue weighted by atomic mass is 9.84. The molecule has 1 aromatic rings. The van der Waals surface area contributed by atoms with Crippen LogP contribution in [0.25, 0.3) is 0 Å². The van der Waals surface area contributed by atoms with E-state index in [1.807, 2.05) is 0 Å². The highest BCUT2D eigenvalue weighted by Gasteiger charge is 2.34. The SMILES string of the molecule is CCC1CNC(C(C)(C)C)CN1c1c(Br)cccc1Br. The number of para-hydroxylation sites is 1. The predicted molar refractivity (Wildman–Crippen MR) is 94.5 cm³/mol. The van der Waals surface area contributed by atoms with Crippen LogP contribution in [0.15, 0.2) is 27.1 Å². The first kappa shape index (κ1) is 16.3. The number of nitrogens with one attached hydrogen (secondary N) is 1. The number of piperazine rings is 1. The molecule has 2 rings (SSSR count). The van der Waals surface area contributed by atoms with Crippen LogP contribution in [0, 0.1) is 5.41 Å². The van der Waals surface area contributed by atoms with Crippen molar-refractivity contribution >= 4 is 37.5 Å². The van der Waals surface area contributed by atoms with Gasteiger partial charge in [0.05, 0.1) is 5.69 Å². The lowest BCUT2D eigenvalue weighted by molar-refractivity contribution is 0.233. The molecule has 0 saturated carbocycles. The van der Waals surface area contributed by atoms with Crippen molar-refractivity contribution in [2.45, 2.75) is 46.2 Å². The van der Waals surface area contributed by atoms with Crippen LogP contribution in [0.3, 0.4) is 0 Å². The average molecular weight is 404 g/mol. The number of halogens is 2. The molecule has 1 N–H and O–H groups in total.